The Morgan fingerprint density at radius 3 is 2.37 bits per heavy atom. The molecule has 5 aliphatic carbocycles. The van der Waals surface area contributed by atoms with Gasteiger partial charge in [0, 0.05) is 18.0 Å². The molecule has 5 fully saturated rings. The van der Waals surface area contributed by atoms with Crippen molar-refractivity contribution in [2.75, 3.05) is 0 Å². The van der Waals surface area contributed by atoms with Gasteiger partial charge in [0.15, 0.2) is 11.5 Å². The lowest BCUT2D eigenvalue weighted by Gasteiger charge is -2.68. The number of hydrogen-bond acceptors (Lipinski definition) is 5. The molecule has 5 heteroatoms. The molecule has 38 heavy (non-hydrogen) atoms. The second-order valence-electron chi connectivity index (χ2n) is 14.8. The summed E-state index contributed by atoms with van der Waals surface area (Å²) >= 11 is 0. The van der Waals surface area contributed by atoms with E-state index < -0.39 is 0 Å². The first-order valence-electron chi connectivity index (χ1n) is 15.5. The lowest BCUT2D eigenvalue weighted by atomic mass is 9.37. The van der Waals surface area contributed by atoms with E-state index >= 15 is 0 Å². The summed E-state index contributed by atoms with van der Waals surface area (Å²) in [6.07, 6.45) is 13.7. The molecule has 4 N–H and O–H groups in total. The Morgan fingerprint density at radius 1 is 0.921 bits per heavy atom. The lowest BCUT2D eigenvalue weighted by Crippen LogP contribution is -2.63. The van der Waals surface area contributed by atoms with E-state index in [1.165, 1.54) is 51.4 Å². The molecule has 10 unspecified atom stereocenters. The maximum Gasteiger partial charge on any atom is 0.157 e. The highest BCUT2D eigenvalue weighted by molar-refractivity contribution is 5.83. The van der Waals surface area contributed by atoms with E-state index in [-0.39, 0.29) is 16.9 Å². The van der Waals surface area contributed by atoms with Crippen LogP contribution in [0.2, 0.25) is 0 Å². The van der Waals surface area contributed by atoms with Crippen LogP contribution in [0, 0.1) is 51.8 Å². The fourth-order valence-corrected chi connectivity index (χ4v) is 11.9. The molecule has 1 aromatic rings. The number of carbonyl (C=O) groups excluding carboxylic acids is 1. The van der Waals surface area contributed by atoms with Gasteiger partial charge in [-0.1, -0.05) is 33.3 Å². The van der Waals surface area contributed by atoms with Gasteiger partial charge in [-0.2, -0.15) is 0 Å². The van der Waals surface area contributed by atoms with Crippen LogP contribution in [0.5, 0.6) is 11.5 Å². The van der Waals surface area contributed by atoms with Gasteiger partial charge in [0.1, 0.15) is 5.78 Å². The molecule has 0 radical (unpaired) electrons. The normalized spacial score (nSPS) is 46.1. The predicted octanol–water partition coefficient (Wildman–Crippen LogP) is 6.81. The van der Waals surface area contributed by atoms with Gasteiger partial charge < -0.3 is 10.2 Å². The first-order valence-corrected chi connectivity index (χ1v) is 15.5. The maximum absolute atomic E-state index is 12.9. The number of phenolic OH excluding ortho intramolecular Hbond substituents is 2. The van der Waals surface area contributed by atoms with E-state index in [4.69, 9.17) is 5.84 Å². The number of nitrogens with zero attached hydrogens (tertiary/aromatic N) is 1. The number of hydrazine groups is 1. The van der Waals surface area contributed by atoms with Crippen LogP contribution in [0.15, 0.2) is 18.2 Å². The summed E-state index contributed by atoms with van der Waals surface area (Å²) in [5.74, 6) is 11.2. The third-order valence-electron chi connectivity index (χ3n) is 13.6. The predicted molar refractivity (Wildman–Crippen MR) is 150 cm³/mol. The molecule has 0 aliphatic heterocycles. The molecule has 5 saturated carbocycles. The minimum absolute atomic E-state index is 0.0108. The number of carbonyl (C=O) groups is 1. The van der Waals surface area contributed by atoms with Crippen molar-refractivity contribution in [3.05, 3.63) is 23.8 Å². The number of phenols is 2. The Morgan fingerprint density at radius 2 is 1.63 bits per heavy atom. The Balaban J connectivity index is 1.20. The van der Waals surface area contributed by atoms with E-state index in [0.29, 0.717) is 47.0 Å². The zero-order valence-corrected chi connectivity index (χ0v) is 24.1. The molecule has 0 aromatic heterocycles. The summed E-state index contributed by atoms with van der Waals surface area (Å²) in [4.78, 5) is 12.9. The van der Waals surface area contributed by atoms with Crippen LogP contribution in [0.4, 0.5) is 0 Å². The molecular formula is C33H50N2O3. The quantitative estimate of drug-likeness (QED) is 0.230. The Hall–Kier alpha value is -1.59. The Labute approximate surface area is 229 Å². The average Bonchev–Trinajstić information content (AvgIpc) is 3.32. The van der Waals surface area contributed by atoms with Gasteiger partial charge in [0.25, 0.3) is 0 Å². The molecule has 0 amide bonds. The van der Waals surface area contributed by atoms with Crippen molar-refractivity contribution >= 4 is 5.78 Å². The van der Waals surface area contributed by atoms with Gasteiger partial charge in [0.05, 0.1) is 0 Å². The maximum atomic E-state index is 12.9. The molecule has 0 spiro atoms. The fourth-order valence-electron chi connectivity index (χ4n) is 11.9. The minimum atomic E-state index is -0.0861. The third-order valence-corrected chi connectivity index (χ3v) is 13.6. The van der Waals surface area contributed by atoms with Crippen molar-refractivity contribution < 1.29 is 15.0 Å². The lowest BCUT2D eigenvalue weighted by molar-refractivity contribution is -0.191. The molecular weight excluding hydrogens is 472 g/mol. The molecule has 5 nitrogen and oxygen atoms in total. The molecule has 0 saturated heterocycles. The topological polar surface area (TPSA) is 86.8 Å². The van der Waals surface area contributed by atoms with E-state index in [2.05, 4.69) is 20.8 Å². The molecule has 1 aromatic carbocycles. The highest BCUT2D eigenvalue weighted by atomic mass is 16.3. The minimum Gasteiger partial charge on any atom is -0.504 e. The smallest absolute Gasteiger partial charge is 0.157 e. The van der Waals surface area contributed by atoms with Crippen LogP contribution in [-0.2, 0) is 11.3 Å². The van der Waals surface area contributed by atoms with Gasteiger partial charge >= 0.3 is 0 Å². The Bertz CT molecular complexity index is 1090. The largest absolute Gasteiger partial charge is 0.504 e. The first kappa shape index (κ1) is 26.6. The summed E-state index contributed by atoms with van der Waals surface area (Å²) in [6.45, 7) is 10.2. The molecule has 0 heterocycles. The van der Waals surface area contributed by atoms with E-state index in [9.17, 15) is 15.0 Å². The first-order chi connectivity index (χ1) is 18.0. The van der Waals surface area contributed by atoms with Crippen molar-refractivity contribution in [1.29, 1.82) is 0 Å². The number of aromatic hydroxyl groups is 2. The number of fused-ring (bicyclic) bond motifs is 7. The fraction of sp³-hybridized carbons (Fsp3) is 0.788. The van der Waals surface area contributed by atoms with Gasteiger partial charge in [-0.15, -0.1) is 0 Å². The van der Waals surface area contributed by atoms with Gasteiger partial charge in [-0.3, -0.25) is 10.6 Å². The van der Waals surface area contributed by atoms with Crippen molar-refractivity contribution in [1.82, 2.24) is 5.01 Å². The molecule has 10 atom stereocenters. The number of rotatable bonds is 4. The number of benzene rings is 1. The summed E-state index contributed by atoms with van der Waals surface area (Å²) in [5.41, 5.74) is 1.70. The number of hydrogen-bond donors (Lipinski definition) is 3. The zero-order valence-electron chi connectivity index (χ0n) is 24.1. The standard InChI is InChI=1S/C33H50N2O3/c1-20-24-11-15-32(4)25-12-17-33(21(2)36)14-5-6-26(33)23(25)8-10-30(32)31(24,3)16-13-27(20)35(34)19-22-7-9-28(37)29(38)18-22/h7,9,18,20,23-27,30,37-38H,5-6,8,10-17,19,34H2,1-4H3. The van der Waals surface area contributed by atoms with Crippen molar-refractivity contribution in [2.45, 2.75) is 111 Å². The van der Waals surface area contributed by atoms with Crippen LogP contribution in [0.1, 0.15) is 104 Å². The van der Waals surface area contributed by atoms with Gasteiger partial charge in [-0.05, 0) is 135 Å². The van der Waals surface area contributed by atoms with Crippen molar-refractivity contribution in [3.63, 3.8) is 0 Å². The van der Waals surface area contributed by atoms with Crippen LogP contribution in [-0.4, -0.2) is 27.0 Å². The molecule has 210 valence electrons. The Kier molecular flexibility index (Phi) is 6.46. The molecule has 5 aliphatic rings. The highest BCUT2D eigenvalue weighted by Gasteiger charge is 2.65. The third kappa shape index (κ3) is 3.73. The SMILES string of the molecule is CC(=O)C12CCCC1C1CCC3C4(C)CCC(N(N)Cc5ccc(O)c(O)c5)C(C)C4CCC3(C)C1CC2. The second kappa shape index (κ2) is 9.23. The monoisotopic (exact) mass is 522 g/mol. The van der Waals surface area contributed by atoms with Crippen LogP contribution in [0.25, 0.3) is 0 Å². The number of nitrogens with two attached hydrogens (primary N) is 1. The van der Waals surface area contributed by atoms with Crippen LogP contribution in [0.3, 0.4) is 0 Å². The number of Topliss-reactive ketones (excluding diaryl/α,β-unsaturated/α-hetero) is 1. The van der Waals surface area contributed by atoms with E-state index in [1.54, 1.807) is 12.1 Å². The second-order valence-corrected chi connectivity index (χ2v) is 14.8. The summed E-state index contributed by atoms with van der Waals surface area (Å²) in [7, 11) is 0. The van der Waals surface area contributed by atoms with E-state index in [1.807, 2.05) is 18.0 Å². The summed E-state index contributed by atoms with van der Waals surface area (Å²) in [6, 6.07) is 5.36. The van der Waals surface area contributed by atoms with Crippen molar-refractivity contribution in [2.24, 2.45) is 57.6 Å². The van der Waals surface area contributed by atoms with Gasteiger partial charge in [0.2, 0.25) is 0 Å². The van der Waals surface area contributed by atoms with Crippen LogP contribution >= 0.6 is 0 Å². The zero-order chi connectivity index (χ0) is 27.0. The van der Waals surface area contributed by atoms with Crippen LogP contribution < -0.4 is 5.84 Å². The van der Waals surface area contributed by atoms with Crippen molar-refractivity contribution in [3.8, 4) is 11.5 Å². The van der Waals surface area contributed by atoms with E-state index in [0.717, 1.165) is 42.6 Å². The average molecular weight is 523 g/mol. The summed E-state index contributed by atoms with van der Waals surface area (Å²) in [5, 5.41) is 21.6. The van der Waals surface area contributed by atoms with Gasteiger partial charge in [-0.25, -0.2) is 5.01 Å². The molecule has 6 rings (SSSR count). The molecule has 0 bridgehead atoms. The highest BCUT2D eigenvalue weighted by Crippen LogP contribution is 2.71. The number of ketones is 1. The summed E-state index contributed by atoms with van der Waals surface area (Å²) < 4.78 is 0.